The summed E-state index contributed by atoms with van der Waals surface area (Å²) in [6.07, 6.45) is 8.21. The Morgan fingerprint density at radius 2 is 2.26 bits per heavy atom. The number of benzene rings is 1. The van der Waals surface area contributed by atoms with E-state index in [0.29, 0.717) is 13.2 Å². The van der Waals surface area contributed by atoms with Gasteiger partial charge in [-0.15, -0.1) is 12.3 Å². The lowest BCUT2D eigenvalue weighted by molar-refractivity contribution is -0.134. The first-order valence-corrected chi connectivity index (χ1v) is 6.73. The first kappa shape index (κ1) is 13.6. The number of fused-ring (bicyclic) bond motifs is 1. The summed E-state index contributed by atoms with van der Waals surface area (Å²) in [5, 5.41) is 2.92. The van der Waals surface area contributed by atoms with Crippen molar-refractivity contribution in [3.05, 3.63) is 35.4 Å². The van der Waals surface area contributed by atoms with Gasteiger partial charge in [-0.3, -0.25) is 4.79 Å². The SMILES string of the molecule is C#CCCCCNC(=O)C1OCCc2ccccc21. The van der Waals surface area contributed by atoms with Gasteiger partial charge in [0, 0.05) is 13.0 Å². The highest BCUT2D eigenvalue weighted by atomic mass is 16.5. The second-order valence-electron chi connectivity index (χ2n) is 4.65. The van der Waals surface area contributed by atoms with Gasteiger partial charge in [0.2, 0.25) is 0 Å². The van der Waals surface area contributed by atoms with Crippen molar-refractivity contribution in [3.63, 3.8) is 0 Å². The number of terminal acetylenes is 1. The van der Waals surface area contributed by atoms with E-state index < -0.39 is 6.10 Å². The monoisotopic (exact) mass is 257 g/mol. The van der Waals surface area contributed by atoms with E-state index in [-0.39, 0.29) is 5.91 Å². The van der Waals surface area contributed by atoms with Gasteiger partial charge in [-0.1, -0.05) is 24.3 Å². The smallest absolute Gasteiger partial charge is 0.253 e. The minimum Gasteiger partial charge on any atom is -0.363 e. The molecule has 1 aliphatic rings. The van der Waals surface area contributed by atoms with Gasteiger partial charge in [0.25, 0.3) is 5.91 Å². The molecule has 2 rings (SSSR count). The fraction of sp³-hybridized carbons (Fsp3) is 0.438. The highest BCUT2D eigenvalue weighted by Crippen LogP contribution is 2.26. The molecule has 0 aromatic heterocycles. The molecule has 1 amide bonds. The van der Waals surface area contributed by atoms with Crippen molar-refractivity contribution in [2.75, 3.05) is 13.2 Å². The van der Waals surface area contributed by atoms with Crippen LogP contribution < -0.4 is 5.32 Å². The molecule has 0 fully saturated rings. The Kier molecular flexibility index (Phi) is 5.00. The van der Waals surface area contributed by atoms with Crippen LogP contribution in [0, 0.1) is 12.3 Å². The molecule has 0 saturated heterocycles. The third kappa shape index (κ3) is 3.59. The number of amides is 1. The molecule has 1 aromatic rings. The number of unbranched alkanes of at least 4 members (excludes halogenated alkanes) is 2. The van der Waals surface area contributed by atoms with Crippen LogP contribution in [0.1, 0.15) is 36.5 Å². The minimum absolute atomic E-state index is 0.0483. The lowest BCUT2D eigenvalue weighted by Crippen LogP contribution is -2.34. The summed E-state index contributed by atoms with van der Waals surface area (Å²) in [7, 11) is 0. The zero-order valence-corrected chi connectivity index (χ0v) is 11.0. The molecule has 1 aromatic carbocycles. The van der Waals surface area contributed by atoms with Crippen LogP contribution in [0.15, 0.2) is 24.3 Å². The van der Waals surface area contributed by atoms with Crippen LogP contribution in [0.5, 0.6) is 0 Å². The van der Waals surface area contributed by atoms with Gasteiger partial charge in [-0.2, -0.15) is 0 Å². The van der Waals surface area contributed by atoms with E-state index >= 15 is 0 Å². The summed E-state index contributed by atoms with van der Waals surface area (Å²) < 4.78 is 5.60. The Bertz CT molecular complexity index is 476. The van der Waals surface area contributed by atoms with Crippen LogP contribution in [0.3, 0.4) is 0 Å². The molecule has 100 valence electrons. The van der Waals surface area contributed by atoms with Crippen molar-refractivity contribution in [2.24, 2.45) is 0 Å². The molecule has 1 aliphatic heterocycles. The highest BCUT2D eigenvalue weighted by molar-refractivity contribution is 5.82. The van der Waals surface area contributed by atoms with Gasteiger partial charge in [-0.25, -0.2) is 0 Å². The second kappa shape index (κ2) is 6.96. The van der Waals surface area contributed by atoms with Crippen molar-refractivity contribution in [2.45, 2.75) is 31.8 Å². The maximum Gasteiger partial charge on any atom is 0.253 e. The summed E-state index contributed by atoms with van der Waals surface area (Å²) in [5.74, 6) is 2.55. The van der Waals surface area contributed by atoms with Gasteiger partial charge < -0.3 is 10.1 Å². The van der Waals surface area contributed by atoms with E-state index in [1.807, 2.05) is 18.2 Å². The summed E-state index contributed by atoms with van der Waals surface area (Å²) in [4.78, 5) is 12.1. The summed E-state index contributed by atoms with van der Waals surface area (Å²) in [6.45, 7) is 1.26. The highest BCUT2D eigenvalue weighted by Gasteiger charge is 2.26. The molecule has 3 nitrogen and oxygen atoms in total. The molecule has 1 N–H and O–H groups in total. The molecular weight excluding hydrogens is 238 g/mol. The van der Waals surface area contributed by atoms with Crippen molar-refractivity contribution < 1.29 is 9.53 Å². The standard InChI is InChI=1S/C16H19NO2/c1-2-3-4-7-11-17-16(18)15-14-9-6-5-8-13(14)10-12-19-15/h1,5-6,8-9,15H,3-4,7,10-12H2,(H,17,18). The molecule has 3 heteroatoms. The van der Waals surface area contributed by atoms with Crippen molar-refractivity contribution >= 4 is 5.91 Å². The predicted octanol–water partition coefficient (Wildman–Crippen LogP) is 2.22. The van der Waals surface area contributed by atoms with Crippen LogP contribution in [0.25, 0.3) is 0 Å². The number of carbonyl (C=O) groups excluding carboxylic acids is 1. The fourth-order valence-corrected chi connectivity index (χ4v) is 2.27. The maximum atomic E-state index is 12.1. The zero-order chi connectivity index (χ0) is 13.5. The summed E-state index contributed by atoms with van der Waals surface area (Å²) >= 11 is 0. The van der Waals surface area contributed by atoms with Crippen LogP contribution in [-0.2, 0) is 16.0 Å². The average Bonchev–Trinajstić information content (AvgIpc) is 2.46. The lowest BCUT2D eigenvalue weighted by Gasteiger charge is -2.25. The van der Waals surface area contributed by atoms with E-state index in [2.05, 4.69) is 17.3 Å². The van der Waals surface area contributed by atoms with Crippen molar-refractivity contribution in [1.82, 2.24) is 5.32 Å². The predicted molar refractivity (Wildman–Crippen MR) is 74.5 cm³/mol. The van der Waals surface area contributed by atoms with Gasteiger partial charge >= 0.3 is 0 Å². The number of hydrogen-bond donors (Lipinski definition) is 1. The Hall–Kier alpha value is -1.79. The van der Waals surface area contributed by atoms with Crippen molar-refractivity contribution in [3.8, 4) is 12.3 Å². The average molecular weight is 257 g/mol. The van der Waals surface area contributed by atoms with Crippen LogP contribution in [0.4, 0.5) is 0 Å². The molecule has 1 unspecified atom stereocenters. The summed E-state index contributed by atoms with van der Waals surface area (Å²) in [6, 6.07) is 7.97. The van der Waals surface area contributed by atoms with Crippen LogP contribution in [0.2, 0.25) is 0 Å². The quantitative estimate of drug-likeness (QED) is 0.649. The number of nitrogens with one attached hydrogen (secondary N) is 1. The number of rotatable bonds is 5. The normalized spacial score (nSPS) is 17.3. The molecule has 0 saturated carbocycles. The molecular formula is C16H19NO2. The Labute approximate surface area is 114 Å². The third-order valence-corrected chi connectivity index (χ3v) is 3.28. The third-order valence-electron chi connectivity index (χ3n) is 3.28. The number of hydrogen-bond acceptors (Lipinski definition) is 2. The number of carbonyl (C=O) groups is 1. The Balaban J connectivity index is 1.89. The topological polar surface area (TPSA) is 38.3 Å². The fourth-order valence-electron chi connectivity index (χ4n) is 2.27. The first-order valence-electron chi connectivity index (χ1n) is 6.73. The lowest BCUT2D eigenvalue weighted by atomic mass is 9.97. The minimum atomic E-state index is -0.461. The van der Waals surface area contributed by atoms with Gasteiger partial charge in [0.05, 0.1) is 6.61 Å². The molecule has 0 aliphatic carbocycles. The van der Waals surface area contributed by atoms with E-state index in [9.17, 15) is 4.79 Å². The van der Waals surface area contributed by atoms with E-state index in [1.165, 1.54) is 5.56 Å². The van der Waals surface area contributed by atoms with Crippen LogP contribution >= 0.6 is 0 Å². The molecule has 1 atom stereocenters. The van der Waals surface area contributed by atoms with Gasteiger partial charge in [0.15, 0.2) is 6.10 Å². The number of ether oxygens (including phenoxy) is 1. The van der Waals surface area contributed by atoms with Gasteiger partial charge in [-0.05, 0) is 30.4 Å². The Morgan fingerprint density at radius 1 is 1.42 bits per heavy atom. The van der Waals surface area contributed by atoms with E-state index in [0.717, 1.165) is 31.2 Å². The maximum absolute atomic E-state index is 12.1. The molecule has 19 heavy (non-hydrogen) atoms. The second-order valence-corrected chi connectivity index (χ2v) is 4.65. The van der Waals surface area contributed by atoms with Crippen molar-refractivity contribution in [1.29, 1.82) is 0 Å². The summed E-state index contributed by atoms with van der Waals surface area (Å²) in [5.41, 5.74) is 2.20. The van der Waals surface area contributed by atoms with Gasteiger partial charge in [0.1, 0.15) is 0 Å². The first-order chi connectivity index (χ1) is 9.33. The van der Waals surface area contributed by atoms with E-state index in [1.54, 1.807) is 0 Å². The molecule has 0 radical (unpaired) electrons. The molecule has 0 bridgehead atoms. The largest absolute Gasteiger partial charge is 0.363 e. The molecule has 0 spiro atoms. The van der Waals surface area contributed by atoms with E-state index in [4.69, 9.17) is 11.2 Å². The van der Waals surface area contributed by atoms with Crippen LogP contribution in [-0.4, -0.2) is 19.1 Å². The zero-order valence-electron chi connectivity index (χ0n) is 11.0. The Morgan fingerprint density at radius 3 is 3.11 bits per heavy atom. The molecule has 1 heterocycles.